The summed E-state index contributed by atoms with van der Waals surface area (Å²) in [7, 11) is 0. The zero-order chi connectivity index (χ0) is 39.1. The summed E-state index contributed by atoms with van der Waals surface area (Å²) in [4.78, 5) is 0. The van der Waals surface area contributed by atoms with Crippen molar-refractivity contribution in [2.75, 3.05) is 26.4 Å². The third-order valence-corrected chi connectivity index (χ3v) is 10.0. The van der Waals surface area contributed by atoms with Crippen LogP contribution in [0.5, 0.6) is 0 Å². The van der Waals surface area contributed by atoms with Gasteiger partial charge in [-0.05, 0) is 25.7 Å². The molecule has 0 radical (unpaired) electrons. The monoisotopic (exact) mass is 925 g/mol. The van der Waals surface area contributed by atoms with Gasteiger partial charge in [-0.15, -0.1) is 0 Å². The van der Waals surface area contributed by atoms with Gasteiger partial charge in [0.25, 0.3) is 0 Å². The number of aliphatic hydroxyl groups excluding tert-OH is 4. The predicted octanol–water partition coefficient (Wildman–Crippen LogP) is 15.6. The number of hydrogen-bond acceptors (Lipinski definition) is 4. The van der Waals surface area contributed by atoms with Crippen LogP contribution in [0.4, 0.5) is 0 Å². The van der Waals surface area contributed by atoms with Gasteiger partial charge in [0.2, 0.25) is 0 Å². The second-order valence-electron chi connectivity index (χ2n) is 15.6. The Labute approximate surface area is 355 Å². The fourth-order valence-corrected chi connectivity index (χ4v) is 6.40. The standard InChI is InChI=1S/4C12H26O.Hf/c4*1-2-3-4-5-6-7-8-9-10-11-12-13;/h4*13H,2-12H2,1H3;. The third kappa shape index (κ3) is 81.8. The summed E-state index contributed by atoms with van der Waals surface area (Å²) in [5.41, 5.74) is 0. The molecule has 0 amide bonds. The molecule has 0 aliphatic carbocycles. The van der Waals surface area contributed by atoms with Crippen molar-refractivity contribution in [2.45, 2.75) is 285 Å². The Morgan fingerprint density at radius 3 is 0.358 bits per heavy atom. The summed E-state index contributed by atoms with van der Waals surface area (Å²) in [6, 6.07) is 0. The molecule has 0 saturated carbocycles. The molecule has 53 heavy (non-hydrogen) atoms. The van der Waals surface area contributed by atoms with E-state index in [1.54, 1.807) is 0 Å². The molecule has 4 nitrogen and oxygen atoms in total. The number of hydrogen-bond donors (Lipinski definition) is 4. The van der Waals surface area contributed by atoms with Crippen LogP contribution in [0.3, 0.4) is 0 Å². The molecule has 0 fully saturated rings. The fourth-order valence-electron chi connectivity index (χ4n) is 6.40. The molecule has 324 valence electrons. The van der Waals surface area contributed by atoms with Gasteiger partial charge in [-0.25, -0.2) is 0 Å². The van der Waals surface area contributed by atoms with Gasteiger partial charge < -0.3 is 20.4 Å². The zero-order valence-electron chi connectivity index (χ0n) is 37.4. The average Bonchev–Trinajstić information content (AvgIpc) is 3.16. The topological polar surface area (TPSA) is 80.9 Å². The summed E-state index contributed by atoms with van der Waals surface area (Å²) in [5, 5.41) is 34.3. The molecule has 0 unspecified atom stereocenters. The second kappa shape index (κ2) is 70.5. The molecule has 0 spiro atoms. The van der Waals surface area contributed by atoms with E-state index in [1.165, 1.54) is 231 Å². The van der Waals surface area contributed by atoms with E-state index in [9.17, 15) is 0 Å². The Kier molecular flexibility index (Phi) is 83.7. The van der Waals surface area contributed by atoms with Crippen molar-refractivity contribution in [3.05, 3.63) is 0 Å². The Hall–Kier alpha value is 0.710. The molecule has 0 aromatic carbocycles. The Balaban J connectivity index is -0.000000192. The summed E-state index contributed by atoms with van der Waals surface area (Å²) in [5.74, 6) is 0. The second-order valence-corrected chi connectivity index (χ2v) is 15.6. The van der Waals surface area contributed by atoms with Gasteiger partial charge in [0.15, 0.2) is 0 Å². The first-order chi connectivity index (χ1) is 25.7. The molecule has 0 rings (SSSR count). The van der Waals surface area contributed by atoms with Gasteiger partial charge in [0, 0.05) is 52.3 Å². The van der Waals surface area contributed by atoms with Crippen LogP contribution in [0.25, 0.3) is 0 Å². The van der Waals surface area contributed by atoms with Crippen molar-refractivity contribution in [1.29, 1.82) is 0 Å². The molecule has 0 aromatic heterocycles. The van der Waals surface area contributed by atoms with Crippen LogP contribution in [-0.4, -0.2) is 46.9 Å². The van der Waals surface area contributed by atoms with E-state index in [0.29, 0.717) is 26.4 Å². The maximum Gasteiger partial charge on any atom is 0.0431 e. The molecule has 0 atom stereocenters. The van der Waals surface area contributed by atoms with E-state index in [2.05, 4.69) is 27.7 Å². The van der Waals surface area contributed by atoms with Crippen molar-refractivity contribution < 1.29 is 46.3 Å². The minimum Gasteiger partial charge on any atom is -0.396 e. The SMILES string of the molecule is CCCCCCCCCCCCO.CCCCCCCCCCCCO.CCCCCCCCCCCCO.CCCCCCCCCCCCO.[Hf]. The van der Waals surface area contributed by atoms with E-state index in [0.717, 1.165) is 25.7 Å². The van der Waals surface area contributed by atoms with Crippen LogP contribution in [-0.2, 0) is 25.8 Å². The van der Waals surface area contributed by atoms with Gasteiger partial charge in [0.1, 0.15) is 0 Å². The number of aliphatic hydroxyl groups is 4. The molecule has 0 aromatic rings. The van der Waals surface area contributed by atoms with Gasteiger partial charge in [-0.3, -0.25) is 0 Å². The molecule has 0 heterocycles. The normalized spacial score (nSPS) is 10.4. The van der Waals surface area contributed by atoms with E-state index < -0.39 is 0 Å². The summed E-state index contributed by atoms with van der Waals surface area (Å²) in [6.45, 7) is 10.5. The van der Waals surface area contributed by atoms with Crippen LogP contribution in [0.2, 0.25) is 0 Å². The van der Waals surface area contributed by atoms with Crippen molar-refractivity contribution in [1.82, 2.24) is 0 Å². The van der Waals surface area contributed by atoms with Crippen LogP contribution < -0.4 is 0 Å². The minimum absolute atomic E-state index is 0. The van der Waals surface area contributed by atoms with Crippen molar-refractivity contribution >= 4 is 0 Å². The quantitative estimate of drug-likeness (QED) is 0.0365. The van der Waals surface area contributed by atoms with E-state index in [4.69, 9.17) is 20.4 Å². The van der Waals surface area contributed by atoms with Crippen LogP contribution >= 0.6 is 0 Å². The van der Waals surface area contributed by atoms with Crippen molar-refractivity contribution in [3.63, 3.8) is 0 Å². The Bertz CT molecular complexity index is 380. The maximum atomic E-state index is 8.57. The Morgan fingerprint density at radius 2 is 0.264 bits per heavy atom. The molecule has 4 N–H and O–H groups in total. The average molecular weight is 924 g/mol. The van der Waals surface area contributed by atoms with Gasteiger partial charge in [-0.1, -0.05) is 259 Å². The van der Waals surface area contributed by atoms with Crippen molar-refractivity contribution in [3.8, 4) is 0 Å². The van der Waals surface area contributed by atoms with Gasteiger partial charge in [-0.2, -0.15) is 0 Å². The maximum absolute atomic E-state index is 8.57. The van der Waals surface area contributed by atoms with Crippen LogP contribution in [0, 0.1) is 0 Å². The summed E-state index contributed by atoms with van der Waals surface area (Å²) in [6.07, 6.45) is 53.2. The Morgan fingerprint density at radius 1 is 0.170 bits per heavy atom. The first-order valence-corrected chi connectivity index (χ1v) is 24.1. The van der Waals surface area contributed by atoms with Gasteiger partial charge >= 0.3 is 0 Å². The minimum atomic E-state index is 0. The molecular formula is C48H104HfO4. The molecule has 0 saturated heterocycles. The number of rotatable bonds is 40. The molecule has 5 heteroatoms. The first-order valence-electron chi connectivity index (χ1n) is 24.1. The fraction of sp³-hybridized carbons (Fsp3) is 1.00. The molecular weight excluding hydrogens is 819 g/mol. The molecule has 0 aliphatic heterocycles. The van der Waals surface area contributed by atoms with E-state index in [-0.39, 0.29) is 25.8 Å². The van der Waals surface area contributed by atoms with E-state index in [1.807, 2.05) is 0 Å². The van der Waals surface area contributed by atoms with Crippen LogP contribution in [0.15, 0.2) is 0 Å². The zero-order valence-corrected chi connectivity index (χ0v) is 41.0. The van der Waals surface area contributed by atoms with Gasteiger partial charge in [0.05, 0.1) is 0 Å². The summed E-state index contributed by atoms with van der Waals surface area (Å²) >= 11 is 0. The predicted molar refractivity (Wildman–Crippen MR) is 236 cm³/mol. The number of unbranched alkanes of at least 4 members (excludes halogenated alkanes) is 36. The van der Waals surface area contributed by atoms with Crippen molar-refractivity contribution in [2.24, 2.45) is 0 Å². The molecule has 0 aliphatic rings. The smallest absolute Gasteiger partial charge is 0.0431 e. The van der Waals surface area contributed by atoms with Crippen LogP contribution in [0.1, 0.15) is 285 Å². The molecule has 0 bridgehead atoms. The van der Waals surface area contributed by atoms with E-state index >= 15 is 0 Å². The third-order valence-electron chi connectivity index (χ3n) is 10.0. The first kappa shape index (κ1) is 62.9. The largest absolute Gasteiger partial charge is 0.396 e. The summed E-state index contributed by atoms with van der Waals surface area (Å²) < 4.78 is 0.